The molecule has 0 aliphatic rings. The van der Waals surface area contributed by atoms with E-state index in [9.17, 15) is 9.59 Å². The first-order valence-corrected chi connectivity index (χ1v) is 7.71. The number of carbonyl (C=O) groups excluding carboxylic acids is 2. The number of rotatable bonds is 7. The van der Waals surface area contributed by atoms with Gasteiger partial charge in [-0.3, -0.25) is 0 Å². The first-order chi connectivity index (χ1) is 10.7. The number of alkyl carbamates (subject to hydrolysis) is 1. The van der Waals surface area contributed by atoms with Crippen molar-refractivity contribution in [2.45, 2.75) is 52.3 Å². The summed E-state index contributed by atoms with van der Waals surface area (Å²) in [4.78, 5) is 26.1. The van der Waals surface area contributed by atoms with E-state index in [0.29, 0.717) is 18.8 Å². The zero-order valence-electron chi connectivity index (χ0n) is 14.5. The van der Waals surface area contributed by atoms with E-state index in [1.54, 1.807) is 6.07 Å². The minimum Gasteiger partial charge on any atom is -0.464 e. The molecule has 0 saturated heterocycles. The van der Waals surface area contributed by atoms with Crippen LogP contribution in [0.3, 0.4) is 0 Å². The van der Waals surface area contributed by atoms with Crippen molar-refractivity contribution in [3.63, 3.8) is 0 Å². The van der Waals surface area contributed by atoms with Crippen molar-refractivity contribution in [1.29, 1.82) is 0 Å². The maximum absolute atomic E-state index is 11.8. The predicted molar refractivity (Wildman–Crippen MR) is 87.3 cm³/mol. The molecule has 1 amide bonds. The molecular formula is C16H27N3O4. The van der Waals surface area contributed by atoms with Crippen LogP contribution in [0, 0.1) is 0 Å². The Hall–Kier alpha value is -2.02. The lowest BCUT2D eigenvalue weighted by Crippen LogP contribution is -2.43. The molecule has 1 aromatic rings. The highest BCUT2D eigenvalue weighted by molar-refractivity contribution is 5.87. The summed E-state index contributed by atoms with van der Waals surface area (Å²) in [5, 5.41) is 6.07. The molecule has 0 aromatic carbocycles. The van der Waals surface area contributed by atoms with Gasteiger partial charge in [0.25, 0.3) is 0 Å². The van der Waals surface area contributed by atoms with Gasteiger partial charge in [0.1, 0.15) is 11.3 Å². The summed E-state index contributed by atoms with van der Waals surface area (Å²) >= 11 is 0. The minimum absolute atomic E-state index is 0.0279. The van der Waals surface area contributed by atoms with Gasteiger partial charge < -0.3 is 25.1 Å². The molecule has 130 valence electrons. The van der Waals surface area contributed by atoms with E-state index in [2.05, 4.69) is 20.4 Å². The smallest absolute Gasteiger partial charge is 0.407 e. The van der Waals surface area contributed by atoms with Crippen molar-refractivity contribution in [3.05, 3.63) is 23.5 Å². The first kappa shape index (κ1) is 19.0. The van der Waals surface area contributed by atoms with E-state index in [4.69, 9.17) is 4.74 Å². The standard InChI is InChI=1S/C16H27N3O4/c1-6-11(19-15(21)23-16(2,3)4)9-17-10-12-7-8-13(18-12)14(20)22-5/h7-8,11,17-18H,6,9-10H2,1-5H3,(H,19,21). The second-order valence-corrected chi connectivity index (χ2v) is 6.27. The van der Waals surface area contributed by atoms with Crippen LogP contribution < -0.4 is 10.6 Å². The van der Waals surface area contributed by atoms with Gasteiger partial charge in [0.2, 0.25) is 0 Å². The van der Waals surface area contributed by atoms with Gasteiger partial charge in [0, 0.05) is 24.8 Å². The van der Waals surface area contributed by atoms with Crippen molar-refractivity contribution < 1.29 is 19.1 Å². The Balaban J connectivity index is 2.38. The van der Waals surface area contributed by atoms with Gasteiger partial charge in [-0.05, 0) is 39.3 Å². The Morgan fingerprint density at radius 2 is 2.00 bits per heavy atom. The normalized spacial score (nSPS) is 12.6. The SMILES string of the molecule is CCC(CNCc1ccc(C(=O)OC)[nH]1)NC(=O)OC(C)(C)C. The zero-order chi connectivity index (χ0) is 17.5. The van der Waals surface area contributed by atoms with Crippen molar-refractivity contribution in [2.24, 2.45) is 0 Å². The Morgan fingerprint density at radius 1 is 1.30 bits per heavy atom. The summed E-state index contributed by atoms with van der Waals surface area (Å²) in [5.41, 5.74) is 0.783. The van der Waals surface area contributed by atoms with Crippen LogP contribution in [0.25, 0.3) is 0 Å². The van der Waals surface area contributed by atoms with Gasteiger partial charge in [-0.1, -0.05) is 6.92 Å². The Morgan fingerprint density at radius 3 is 2.57 bits per heavy atom. The monoisotopic (exact) mass is 325 g/mol. The molecule has 0 saturated carbocycles. The van der Waals surface area contributed by atoms with Gasteiger partial charge in [0.15, 0.2) is 0 Å². The fourth-order valence-electron chi connectivity index (χ4n) is 1.93. The van der Waals surface area contributed by atoms with E-state index in [1.165, 1.54) is 7.11 Å². The number of ether oxygens (including phenoxy) is 2. The lowest BCUT2D eigenvalue weighted by atomic mass is 10.2. The molecule has 1 heterocycles. The maximum atomic E-state index is 11.8. The third kappa shape index (κ3) is 7.19. The van der Waals surface area contributed by atoms with E-state index in [1.807, 2.05) is 33.8 Å². The van der Waals surface area contributed by atoms with Gasteiger partial charge in [-0.2, -0.15) is 0 Å². The number of hydrogen-bond donors (Lipinski definition) is 3. The van der Waals surface area contributed by atoms with Crippen molar-refractivity contribution >= 4 is 12.1 Å². The van der Waals surface area contributed by atoms with Crippen LogP contribution in [0.15, 0.2) is 12.1 Å². The largest absolute Gasteiger partial charge is 0.464 e. The Labute approximate surface area is 137 Å². The van der Waals surface area contributed by atoms with Crippen LogP contribution in [0.2, 0.25) is 0 Å². The molecule has 0 aliphatic heterocycles. The number of amides is 1. The summed E-state index contributed by atoms with van der Waals surface area (Å²) in [7, 11) is 1.34. The predicted octanol–water partition coefficient (Wildman–Crippen LogP) is 2.19. The van der Waals surface area contributed by atoms with Crippen molar-refractivity contribution in [2.75, 3.05) is 13.7 Å². The quantitative estimate of drug-likeness (QED) is 0.668. The second kappa shape index (κ2) is 8.57. The lowest BCUT2D eigenvalue weighted by molar-refractivity contribution is 0.0501. The molecule has 1 unspecified atom stereocenters. The van der Waals surface area contributed by atoms with E-state index in [-0.39, 0.29) is 6.04 Å². The number of H-pyrrole nitrogens is 1. The van der Waals surface area contributed by atoms with E-state index < -0.39 is 17.7 Å². The molecule has 23 heavy (non-hydrogen) atoms. The van der Waals surface area contributed by atoms with Gasteiger partial charge in [-0.15, -0.1) is 0 Å². The number of methoxy groups -OCH3 is 1. The number of aromatic nitrogens is 1. The third-order valence-electron chi connectivity index (χ3n) is 3.07. The fraction of sp³-hybridized carbons (Fsp3) is 0.625. The molecule has 1 aromatic heterocycles. The molecule has 7 heteroatoms. The molecule has 0 aliphatic carbocycles. The van der Waals surface area contributed by atoms with Crippen LogP contribution in [0.5, 0.6) is 0 Å². The average molecular weight is 325 g/mol. The number of aromatic amines is 1. The number of hydrogen-bond acceptors (Lipinski definition) is 5. The zero-order valence-corrected chi connectivity index (χ0v) is 14.5. The molecule has 0 fully saturated rings. The molecule has 1 atom stereocenters. The summed E-state index contributed by atoms with van der Waals surface area (Å²) in [6.07, 6.45) is 0.365. The topological polar surface area (TPSA) is 92.5 Å². The molecule has 3 N–H and O–H groups in total. The van der Waals surface area contributed by atoms with Crippen LogP contribution in [0.4, 0.5) is 4.79 Å². The van der Waals surface area contributed by atoms with Gasteiger partial charge in [0.05, 0.1) is 7.11 Å². The highest BCUT2D eigenvalue weighted by Gasteiger charge is 2.18. The van der Waals surface area contributed by atoms with Crippen LogP contribution in [-0.2, 0) is 16.0 Å². The lowest BCUT2D eigenvalue weighted by Gasteiger charge is -2.23. The summed E-state index contributed by atoms with van der Waals surface area (Å²) < 4.78 is 9.88. The van der Waals surface area contributed by atoms with Gasteiger partial charge in [-0.25, -0.2) is 9.59 Å². The summed E-state index contributed by atoms with van der Waals surface area (Å²) in [5.74, 6) is -0.394. The molecule has 0 spiro atoms. The number of nitrogens with one attached hydrogen (secondary N) is 3. The Kier molecular flexibility index (Phi) is 7.09. The number of carbonyl (C=O) groups is 2. The Bertz CT molecular complexity index is 520. The second-order valence-electron chi connectivity index (χ2n) is 6.27. The first-order valence-electron chi connectivity index (χ1n) is 7.71. The molecule has 0 bridgehead atoms. The molecular weight excluding hydrogens is 298 g/mol. The maximum Gasteiger partial charge on any atom is 0.407 e. The highest BCUT2D eigenvalue weighted by atomic mass is 16.6. The minimum atomic E-state index is -0.510. The van der Waals surface area contributed by atoms with Crippen LogP contribution >= 0.6 is 0 Å². The van der Waals surface area contributed by atoms with E-state index in [0.717, 1.165) is 12.1 Å². The van der Waals surface area contributed by atoms with E-state index >= 15 is 0 Å². The number of esters is 1. The van der Waals surface area contributed by atoms with Crippen molar-refractivity contribution in [1.82, 2.24) is 15.6 Å². The molecule has 7 nitrogen and oxygen atoms in total. The fourth-order valence-corrected chi connectivity index (χ4v) is 1.93. The molecule has 0 radical (unpaired) electrons. The van der Waals surface area contributed by atoms with Gasteiger partial charge >= 0.3 is 12.1 Å². The third-order valence-corrected chi connectivity index (χ3v) is 3.07. The van der Waals surface area contributed by atoms with Crippen molar-refractivity contribution in [3.8, 4) is 0 Å². The van der Waals surface area contributed by atoms with Crippen LogP contribution in [-0.4, -0.2) is 42.3 Å². The summed E-state index contributed by atoms with van der Waals surface area (Å²) in [6, 6.07) is 3.47. The average Bonchev–Trinajstić information content (AvgIpc) is 2.92. The highest BCUT2D eigenvalue weighted by Crippen LogP contribution is 2.07. The molecule has 1 rings (SSSR count). The summed E-state index contributed by atoms with van der Waals surface area (Å²) in [6.45, 7) is 8.64. The van der Waals surface area contributed by atoms with Crippen LogP contribution in [0.1, 0.15) is 50.3 Å².